The minimum atomic E-state index is -0.600. The maximum absolute atomic E-state index is 12.0. The van der Waals surface area contributed by atoms with E-state index < -0.39 is 11.9 Å². The first-order valence-electron chi connectivity index (χ1n) is 8.41. The molecule has 0 spiro atoms. The number of halogens is 1. The van der Waals surface area contributed by atoms with Gasteiger partial charge in [-0.1, -0.05) is 28.1 Å². The van der Waals surface area contributed by atoms with Gasteiger partial charge in [-0.15, -0.1) is 0 Å². The van der Waals surface area contributed by atoms with Gasteiger partial charge in [0.25, 0.3) is 5.91 Å². The largest absolute Gasteiger partial charge is 0.456 e. The van der Waals surface area contributed by atoms with Crippen LogP contribution < -0.4 is 10.6 Å². The highest BCUT2D eigenvalue weighted by molar-refractivity contribution is 9.10. The van der Waals surface area contributed by atoms with Crippen LogP contribution in [0.25, 0.3) is 0 Å². The van der Waals surface area contributed by atoms with Gasteiger partial charge in [-0.25, -0.2) is 0 Å². The van der Waals surface area contributed by atoms with Gasteiger partial charge in [0.05, 0.1) is 6.42 Å². The molecular weight excluding hydrogens is 412 g/mol. The number of esters is 1. The summed E-state index contributed by atoms with van der Waals surface area (Å²) >= 11 is 3.36. The molecule has 0 saturated heterocycles. The average molecular weight is 433 g/mol. The van der Waals surface area contributed by atoms with E-state index in [1.54, 1.807) is 12.1 Å². The number of nitrogens with one attached hydrogen (secondary N) is 2. The third kappa shape index (κ3) is 7.22. The first-order valence-corrected chi connectivity index (χ1v) is 9.21. The van der Waals surface area contributed by atoms with Crippen molar-refractivity contribution in [2.24, 2.45) is 0 Å². The predicted octanol–water partition coefficient (Wildman–Crippen LogP) is 3.97. The third-order valence-electron chi connectivity index (χ3n) is 3.68. The van der Waals surface area contributed by atoms with Crippen molar-refractivity contribution in [3.05, 3.63) is 58.1 Å². The standard InChI is InChI=1S/C20H21BrN2O4/c1-13-4-3-5-16(10-13)22-19(25)12-27-20(26)9-8-18(24)23-17-7-6-15(21)11-14(17)2/h3-7,10-11H,8-9,12H2,1-2H3,(H,22,25)(H,23,24). The van der Waals surface area contributed by atoms with E-state index in [0.717, 1.165) is 15.6 Å². The van der Waals surface area contributed by atoms with E-state index >= 15 is 0 Å². The molecule has 6 nitrogen and oxygen atoms in total. The van der Waals surface area contributed by atoms with Gasteiger partial charge in [-0.2, -0.15) is 0 Å². The zero-order valence-corrected chi connectivity index (χ0v) is 16.8. The predicted molar refractivity (Wildman–Crippen MR) is 108 cm³/mol. The topological polar surface area (TPSA) is 84.5 Å². The number of amides is 2. The van der Waals surface area contributed by atoms with E-state index in [1.807, 2.05) is 44.2 Å². The Hall–Kier alpha value is -2.67. The van der Waals surface area contributed by atoms with E-state index in [9.17, 15) is 14.4 Å². The van der Waals surface area contributed by atoms with Crippen molar-refractivity contribution in [3.63, 3.8) is 0 Å². The molecule has 2 rings (SSSR count). The fourth-order valence-electron chi connectivity index (χ4n) is 2.33. The third-order valence-corrected chi connectivity index (χ3v) is 4.18. The second-order valence-electron chi connectivity index (χ2n) is 6.09. The van der Waals surface area contributed by atoms with Crippen LogP contribution in [0.5, 0.6) is 0 Å². The lowest BCUT2D eigenvalue weighted by Gasteiger charge is -2.09. The molecule has 0 aliphatic rings. The van der Waals surface area contributed by atoms with Gasteiger partial charge in [0.1, 0.15) is 0 Å². The fourth-order valence-corrected chi connectivity index (χ4v) is 2.81. The number of anilines is 2. The number of aryl methyl sites for hydroxylation is 2. The van der Waals surface area contributed by atoms with Gasteiger partial charge < -0.3 is 15.4 Å². The minimum Gasteiger partial charge on any atom is -0.456 e. The minimum absolute atomic E-state index is 0.0200. The molecule has 27 heavy (non-hydrogen) atoms. The molecule has 0 fully saturated rings. The molecule has 0 unspecified atom stereocenters. The molecule has 0 heterocycles. The lowest BCUT2D eigenvalue weighted by Crippen LogP contribution is -2.21. The quantitative estimate of drug-likeness (QED) is 0.648. The molecule has 0 aromatic heterocycles. The van der Waals surface area contributed by atoms with E-state index in [0.29, 0.717) is 11.4 Å². The molecule has 0 aliphatic carbocycles. The van der Waals surface area contributed by atoms with Crippen LogP contribution in [0, 0.1) is 13.8 Å². The van der Waals surface area contributed by atoms with Crippen molar-refractivity contribution >= 4 is 45.1 Å². The molecule has 2 aromatic carbocycles. The summed E-state index contributed by atoms with van der Waals surface area (Å²) in [4.78, 5) is 35.5. The Bertz CT molecular complexity index is 852. The molecule has 0 atom stereocenters. The summed E-state index contributed by atoms with van der Waals surface area (Å²) in [5, 5.41) is 5.40. The Morgan fingerprint density at radius 3 is 2.44 bits per heavy atom. The van der Waals surface area contributed by atoms with Gasteiger partial charge >= 0.3 is 5.97 Å². The molecule has 0 saturated carbocycles. The number of benzene rings is 2. The van der Waals surface area contributed by atoms with Gasteiger partial charge in [0, 0.05) is 22.3 Å². The highest BCUT2D eigenvalue weighted by Crippen LogP contribution is 2.20. The van der Waals surface area contributed by atoms with Crippen LogP contribution in [0.1, 0.15) is 24.0 Å². The number of rotatable bonds is 7. The summed E-state index contributed by atoms with van der Waals surface area (Å²) < 4.78 is 5.83. The average Bonchev–Trinajstić information content (AvgIpc) is 2.60. The summed E-state index contributed by atoms with van der Waals surface area (Å²) in [7, 11) is 0. The summed E-state index contributed by atoms with van der Waals surface area (Å²) in [6.07, 6.45) is -0.118. The van der Waals surface area contributed by atoms with Crippen LogP contribution in [0.15, 0.2) is 46.9 Å². The SMILES string of the molecule is Cc1cccc(NC(=O)COC(=O)CCC(=O)Nc2ccc(Br)cc2C)c1. The number of ether oxygens (including phenoxy) is 1. The van der Waals surface area contributed by atoms with E-state index in [4.69, 9.17) is 4.74 Å². The summed E-state index contributed by atoms with van der Waals surface area (Å²) in [5.41, 5.74) is 3.25. The second-order valence-corrected chi connectivity index (χ2v) is 7.00. The van der Waals surface area contributed by atoms with Crippen LogP contribution in [0.4, 0.5) is 11.4 Å². The van der Waals surface area contributed by atoms with E-state index in [-0.39, 0.29) is 25.4 Å². The Morgan fingerprint density at radius 1 is 0.963 bits per heavy atom. The van der Waals surface area contributed by atoms with Crippen molar-refractivity contribution in [3.8, 4) is 0 Å². The molecule has 2 aromatic rings. The lowest BCUT2D eigenvalue weighted by molar-refractivity contribution is -0.147. The van der Waals surface area contributed by atoms with Crippen LogP contribution >= 0.6 is 15.9 Å². The van der Waals surface area contributed by atoms with Crippen molar-refractivity contribution < 1.29 is 19.1 Å². The number of hydrogen-bond acceptors (Lipinski definition) is 4. The number of hydrogen-bond donors (Lipinski definition) is 2. The molecule has 142 valence electrons. The van der Waals surface area contributed by atoms with Gasteiger partial charge in [0.2, 0.25) is 5.91 Å². The molecular formula is C20H21BrN2O4. The molecule has 2 amide bonds. The lowest BCUT2D eigenvalue weighted by atomic mass is 10.2. The Kier molecular flexibility index (Phi) is 7.55. The second kappa shape index (κ2) is 9.87. The fraction of sp³-hybridized carbons (Fsp3) is 0.250. The van der Waals surface area contributed by atoms with Gasteiger partial charge in [0.15, 0.2) is 6.61 Å². The van der Waals surface area contributed by atoms with Crippen LogP contribution in [-0.2, 0) is 19.1 Å². The molecule has 0 radical (unpaired) electrons. The zero-order valence-electron chi connectivity index (χ0n) is 15.2. The van der Waals surface area contributed by atoms with Crippen LogP contribution in [0.2, 0.25) is 0 Å². The maximum atomic E-state index is 12.0. The Morgan fingerprint density at radius 2 is 1.74 bits per heavy atom. The normalized spacial score (nSPS) is 10.2. The highest BCUT2D eigenvalue weighted by Gasteiger charge is 2.12. The van der Waals surface area contributed by atoms with Gasteiger partial charge in [-0.3, -0.25) is 14.4 Å². The molecule has 0 aliphatic heterocycles. The summed E-state index contributed by atoms with van der Waals surface area (Å²) in [6, 6.07) is 12.8. The maximum Gasteiger partial charge on any atom is 0.306 e. The Balaban J connectivity index is 1.70. The number of carbonyl (C=O) groups excluding carboxylic acids is 3. The zero-order chi connectivity index (χ0) is 19.8. The van der Waals surface area contributed by atoms with Crippen molar-refractivity contribution in [1.29, 1.82) is 0 Å². The van der Waals surface area contributed by atoms with Gasteiger partial charge in [-0.05, 0) is 55.3 Å². The molecule has 2 N–H and O–H groups in total. The highest BCUT2D eigenvalue weighted by atomic mass is 79.9. The van der Waals surface area contributed by atoms with Crippen molar-refractivity contribution in [2.45, 2.75) is 26.7 Å². The van der Waals surface area contributed by atoms with E-state index in [1.165, 1.54) is 0 Å². The number of carbonyl (C=O) groups is 3. The Labute approximate surface area is 166 Å². The molecule has 0 bridgehead atoms. The van der Waals surface area contributed by atoms with Crippen molar-refractivity contribution in [1.82, 2.24) is 0 Å². The first-order chi connectivity index (χ1) is 12.8. The van der Waals surface area contributed by atoms with Crippen LogP contribution in [-0.4, -0.2) is 24.4 Å². The van der Waals surface area contributed by atoms with Crippen molar-refractivity contribution in [2.75, 3.05) is 17.2 Å². The summed E-state index contributed by atoms with van der Waals surface area (Å²) in [6.45, 7) is 3.40. The van der Waals surface area contributed by atoms with Crippen LogP contribution in [0.3, 0.4) is 0 Å². The van der Waals surface area contributed by atoms with E-state index in [2.05, 4.69) is 26.6 Å². The first kappa shape index (κ1) is 20.6. The molecule has 7 heteroatoms. The smallest absolute Gasteiger partial charge is 0.306 e. The monoisotopic (exact) mass is 432 g/mol. The summed E-state index contributed by atoms with van der Waals surface area (Å²) in [5.74, 6) is -1.32.